The van der Waals surface area contributed by atoms with Crippen LogP contribution in [-0.2, 0) is 6.18 Å². The lowest BCUT2D eigenvalue weighted by atomic mass is 9.82. The minimum atomic E-state index is -4.24. The second kappa shape index (κ2) is 4.71. The van der Waals surface area contributed by atoms with Gasteiger partial charge in [0, 0.05) is 0 Å². The fourth-order valence-corrected chi connectivity index (χ4v) is 2.04. The van der Waals surface area contributed by atoms with E-state index in [4.69, 9.17) is 0 Å². The lowest BCUT2D eigenvalue weighted by Crippen LogP contribution is -2.10. The van der Waals surface area contributed by atoms with Gasteiger partial charge in [0.15, 0.2) is 0 Å². The third-order valence-electron chi connectivity index (χ3n) is 2.73. The molecule has 1 rings (SSSR count). The Morgan fingerprint density at radius 3 is 1.82 bits per heavy atom. The second-order valence-electron chi connectivity index (χ2n) is 5.79. The minimum absolute atomic E-state index is 0.183. The molecular formula is C14H19F3. The molecule has 3 heteroatoms. The Balaban J connectivity index is 2.81. The number of hydrogen-bond donors (Lipinski definition) is 0. The van der Waals surface area contributed by atoms with E-state index in [1.54, 1.807) is 12.1 Å². The van der Waals surface area contributed by atoms with Crippen molar-refractivity contribution in [2.24, 2.45) is 5.41 Å². The lowest BCUT2D eigenvalue weighted by Gasteiger charge is -2.23. The fourth-order valence-electron chi connectivity index (χ4n) is 2.04. The number of alkyl halides is 3. The summed E-state index contributed by atoms with van der Waals surface area (Å²) in [4.78, 5) is 0. The van der Waals surface area contributed by atoms with E-state index in [0.717, 1.165) is 24.1 Å². The van der Waals surface area contributed by atoms with Crippen molar-refractivity contribution >= 4 is 0 Å². The molecule has 0 spiro atoms. The van der Waals surface area contributed by atoms with Gasteiger partial charge in [-0.25, -0.2) is 0 Å². The van der Waals surface area contributed by atoms with Crippen molar-refractivity contribution in [1.82, 2.24) is 0 Å². The summed E-state index contributed by atoms with van der Waals surface area (Å²) in [7, 11) is 0. The maximum Gasteiger partial charge on any atom is 0.416 e. The van der Waals surface area contributed by atoms with E-state index < -0.39 is 11.7 Å². The maximum absolute atomic E-state index is 12.4. The van der Waals surface area contributed by atoms with Crippen LogP contribution in [-0.4, -0.2) is 0 Å². The molecule has 1 aromatic rings. The first-order chi connectivity index (χ1) is 7.59. The molecule has 0 aliphatic heterocycles. The minimum Gasteiger partial charge on any atom is -0.166 e. The molecule has 0 bridgehead atoms. The topological polar surface area (TPSA) is 0 Å². The first-order valence-electron chi connectivity index (χ1n) is 5.77. The zero-order chi connectivity index (χ0) is 13.3. The van der Waals surface area contributed by atoms with Gasteiger partial charge in [0.1, 0.15) is 0 Å². The van der Waals surface area contributed by atoms with Crippen LogP contribution in [0.3, 0.4) is 0 Å². The molecular weight excluding hydrogens is 225 g/mol. The quantitative estimate of drug-likeness (QED) is 0.667. The van der Waals surface area contributed by atoms with Crippen molar-refractivity contribution < 1.29 is 13.2 Å². The summed E-state index contributed by atoms with van der Waals surface area (Å²) >= 11 is 0. The molecule has 0 N–H and O–H groups in total. The first kappa shape index (κ1) is 14.1. The summed E-state index contributed by atoms with van der Waals surface area (Å²) in [5.74, 6) is 0.275. The van der Waals surface area contributed by atoms with Crippen molar-refractivity contribution in [3.63, 3.8) is 0 Å². The predicted molar refractivity (Wildman–Crippen MR) is 63.9 cm³/mol. The van der Waals surface area contributed by atoms with Crippen molar-refractivity contribution in [3.8, 4) is 0 Å². The Bertz CT molecular complexity index is 355. The molecule has 1 atom stereocenters. The number of rotatable bonds is 2. The highest BCUT2D eigenvalue weighted by atomic mass is 19.4. The smallest absolute Gasteiger partial charge is 0.166 e. The lowest BCUT2D eigenvalue weighted by molar-refractivity contribution is -0.137. The van der Waals surface area contributed by atoms with Crippen LogP contribution in [0.1, 0.15) is 51.2 Å². The molecule has 1 unspecified atom stereocenters. The molecule has 0 fully saturated rings. The highest BCUT2D eigenvalue weighted by Crippen LogP contribution is 2.33. The number of hydrogen-bond acceptors (Lipinski definition) is 0. The highest BCUT2D eigenvalue weighted by molar-refractivity contribution is 5.26. The van der Waals surface area contributed by atoms with Gasteiger partial charge in [0.2, 0.25) is 0 Å². The largest absolute Gasteiger partial charge is 0.416 e. The van der Waals surface area contributed by atoms with Crippen LogP contribution >= 0.6 is 0 Å². The summed E-state index contributed by atoms with van der Waals surface area (Å²) in [5, 5.41) is 0. The average molecular weight is 244 g/mol. The van der Waals surface area contributed by atoms with E-state index in [0.29, 0.717) is 0 Å². The fraction of sp³-hybridized carbons (Fsp3) is 0.571. The van der Waals surface area contributed by atoms with Crippen LogP contribution in [0, 0.1) is 5.41 Å². The van der Waals surface area contributed by atoms with Gasteiger partial charge in [-0.15, -0.1) is 0 Å². The van der Waals surface area contributed by atoms with Crippen LogP contribution < -0.4 is 0 Å². The monoisotopic (exact) mass is 244 g/mol. The zero-order valence-corrected chi connectivity index (χ0v) is 10.7. The summed E-state index contributed by atoms with van der Waals surface area (Å²) in [6, 6.07) is 5.49. The van der Waals surface area contributed by atoms with Gasteiger partial charge >= 0.3 is 6.18 Å². The van der Waals surface area contributed by atoms with Gasteiger partial charge in [-0.3, -0.25) is 0 Å². The molecule has 0 saturated heterocycles. The van der Waals surface area contributed by atoms with Gasteiger partial charge < -0.3 is 0 Å². The molecule has 0 radical (unpaired) electrons. The second-order valence-corrected chi connectivity index (χ2v) is 5.79. The first-order valence-corrected chi connectivity index (χ1v) is 5.77. The Morgan fingerprint density at radius 2 is 1.47 bits per heavy atom. The molecule has 0 aliphatic carbocycles. The normalized spacial score (nSPS) is 14.8. The van der Waals surface area contributed by atoms with Crippen molar-refractivity contribution in [3.05, 3.63) is 35.4 Å². The molecule has 0 nitrogen and oxygen atoms in total. The van der Waals surface area contributed by atoms with Crippen LogP contribution in [0.15, 0.2) is 24.3 Å². The maximum atomic E-state index is 12.4. The molecule has 0 amide bonds. The van der Waals surface area contributed by atoms with E-state index in [1.165, 1.54) is 0 Å². The van der Waals surface area contributed by atoms with Gasteiger partial charge in [0.25, 0.3) is 0 Å². The van der Waals surface area contributed by atoms with Crippen LogP contribution in [0.25, 0.3) is 0 Å². The average Bonchev–Trinajstić information content (AvgIpc) is 2.14. The predicted octanol–water partition coefficient (Wildman–Crippen LogP) is 5.25. The molecule has 96 valence electrons. The van der Waals surface area contributed by atoms with E-state index in [9.17, 15) is 13.2 Å². The highest BCUT2D eigenvalue weighted by Gasteiger charge is 2.30. The van der Waals surface area contributed by atoms with Crippen LogP contribution in [0.4, 0.5) is 13.2 Å². The van der Waals surface area contributed by atoms with Crippen molar-refractivity contribution in [2.45, 2.75) is 46.2 Å². The summed E-state index contributed by atoms with van der Waals surface area (Å²) in [5.41, 5.74) is 0.569. The van der Waals surface area contributed by atoms with Crippen molar-refractivity contribution in [2.75, 3.05) is 0 Å². The molecule has 0 saturated carbocycles. The van der Waals surface area contributed by atoms with Crippen LogP contribution in [0.2, 0.25) is 0 Å². The Hall–Kier alpha value is -0.990. The summed E-state index contributed by atoms with van der Waals surface area (Å²) < 4.78 is 37.2. The molecule has 0 heterocycles. The van der Waals surface area contributed by atoms with E-state index in [1.807, 2.05) is 6.92 Å². The molecule has 1 aromatic carbocycles. The Kier molecular flexibility index (Phi) is 3.90. The summed E-state index contributed by atoms with van der Waals surface area (Å²) in [6.45, 7) is 8.45. The van der Waals surface area contributed by atoms with Crippen molar-refractivity contribution in [1.29, 1.82) is 0 Å². The molecule has 0 aliphatic rings. The third kappa shape index (κ3) is 4.41. The Labute approximate surface area is 101 Å². The van der Waals surface area contributed by atoms with E-state index >= 15 is 0 Å². The van der Waals surface area contributed by atoms with Gasteiger partial charge in [0.05, 0.1) is 5.56 Å². The van der Waals surface area contributed by atoms with E-state index in [-0.39, 0.29) is 11.3 Å². The third-order valence-corrected chi connectivity index (χ3v) is 2.73. The van der Waals surface area contributed by atoms with Crippen LogP contribution in [0.5, 0.6) is 0 Å². The molecule has 17 heavy (non-hydrogen) atoms. The molecule has 0 aromatic heterocycles. The zero-order valence-electron chi connectivity index (χ0n) is 10.7. The van der Waals surface area contributed by atoms with Gasteiger partial charge in [-0.1, -0.05) is 39.8 Å². The van der Waals surface area contributed by atoms with Gasteiger partial charge in [-0.05, 0) is 35.4 Å². The number of halogens is 3. The van der Waals surface area contributed by atoms with E-state index in [2.05, 4.69) is 20.8 Å². The van der Waals surface area contributed by atoms with Gasteiger partial charge in [-0.2, -0.15) is 13.2 Å². The Morgan fingerprint density at radius 1 is 1.00 bits per heavy atom. The number of benzene rings is 1. The SMILES string of the molecule is CC(CC(C)(C)C)c1ccc(C(F)(F)F)cc1. The summed E-state index contributed by atoms with van der Waals surface area (Å²) in [6.07, 6.45) is -3.29. The standard InChI is InChI=1S/C14H19F3/c1-10(9-13(2,3)4)11-5-7-12(8-6-11)14(15,16)17/h5-8,10H,9H2,1-4H3.